The van der Waals surface area contributed by atoms with Crippen LogP contribution in [0.25, 0.3) is 21.8 Å². The van der Waals surface area contributed by atoms with Gasteiger partial charge in [0.25, 0.3) is 0 Å². The molecule has 0 radical (unpaired) electrons. The topological polar surface area (TPSA) is 83.7 Å². The van der Waals surface area contributed by atoms with Crippen LogP contribution in [0.2, 0.25) is 0 Å². The van der Waals surface area contributed by atoms with Crippen LogP contribution in [0.15, 0.2) is 53.9 Å². The van der Waals surface area contributed by atoms with Crippen LogP contribution in [0, 0.1) is 12.7 Å². The Hall–Kier alpha value is -3.36. The van der Waals surface area contributed by atoms with Crippen LogP contribution in [-0.4, -0.2) is 33.0 Å². The number of fused-ring (bicyclic) bond motifs is 2. The third kappa shape index (κ3) is 3.15. The number of aryl methyl sites for hydroxylation is 3. The number of hydrazone groups is 1. The van der Waals surface area contributed by atoms with E-state index < -0.39 is 6.35 Å². The van der Waals surface area contributed by atoms with Gasteiger partial charge in [0, 0.05) is 47.8 Å². The molecule has 3 heterocycles. The molecule has 1 aliphatic heterocycles. The van der Waals surface area contributed by atoms with E-state index in [4.69, 9.17) is 5.73 Å². The number of nitrogens with two attached hydrogens (primary N) is 1. The lowest BCUT2D eigenvalue weighted by atomic mass is 10.1. The second kappa shape index (κ2) is 7.40. The number of rotatable bonds is 5. The van der Waals surface area contributed by atoms with Crippen molar-refractivity contribution < 1.29 is 9.50 Å². The van der Waals surface area contributed by atoms with Crippen molar-refractivity contribution in [3.63, 3.8) is 0 Å². The maximum absolute atomic E-state index is 14.2. The number of aromatic nitrogens is 2. The zero-order valence-electron chi connectivity index (χ0n) is 17.5. The van der Waals surface area contributed by atoms with Gasteiger partial charge in [-0.1, -0.05) is 11.6 Å². The van der Waals surface area contributed by atoms with Gasteiger partial charge in [-0.25, -0.2) is 4.39 Å². The van der Waals surface area contributed by atoms with Crippen LogP contribution in [0.3, 0.4) is 0 Å². The molecular weight excluding hydrogens is 395 g/mol. The normalized spacial score (nSPS) is 16.4. The molecule has 4 aromatic rings. The Labute approximate surface area is 179 Å². The largest absolute Gasteiger partial charge is 0.355 e. The Morgan fingerprint density at radius 3 is 2.74 bits per heavy atom. The molecule has 0 fully saturated rings. The number of benzene rings is 2. The number of nitrogens with one attached hydrogen (secondary N) is 1. The average molecular weight is 420 g/mol. The van der Waals surface area contributed by atoms with Gasteiger partial charge in [0.05, 0.1) is 11.2 Å². The fourth-order valence-electron chi connectivity index (χ4n) is 4.36. The maximum atomic E-state index is 14.2. The summed E-state index contributed by atoms with van der Waals surface area (Å²) in [6.07, 6.45) is 3.67. The van der Waals surface area contributed by atoms with Gasteiger partial charge in [-0.3, -0.25) is 10.3 Å². The number of hydrogen-bond donors (Lipinski definition) is 3. The lowest BCUT2D eigenvalue weighted by molar-refractivity contribution is 0.159. The maximum Gasteiger partial charge on any atom is 0.226 e. The first-order chi connectivity index (χ1) is 15.0. The molecule has 1 atom stereocenters. The molecule has 160 valence electrons. The van der Waals surface area contributed by atoms with Gasteiger partial charge < -0.3 is 20.0 Å². The van der Waals surface area contributed by atoms with E-state index in [9.17, 15) is 9.50 Å². The Kier molecular flexibility index (Phi) is 4.68. The Balaban J connectivity index is 1.68. The first-order valence-corrected chi connectivity index (χ1v) is 10.3. The predicted octanol–water partition coefficient (Wildman–Crippen LogP) is 2.98. The molecule has 1 unspecified atom stereocenters. The van der Waals surface area contributed by atoms with Gasteiger partial charge in [0.1, 0.15) is 5.82 Å². The molecule has 5 rings (SSSR count). The zero-order valence-corrected chi connectivity index (χ0v) is 17.5. The molecule has 8 heteroatoms. The van der Waals surface area contributed by atoms with Crippen LogP contribution in [0.4, 0.5) is 10.1 Å². The first kappa shape index (κ1) is 19.6. The second-order valence-corrected chi connectivity index (χ2v) is 7.99. The van der Waals surface area contributed by atoms with E-state index in [2.05, 4.69) is 28.7 Å². The van der Waals surface area contributed by atoms with E-state index >= 15 is 0 Å². The fraction of sp³-hybridized carbons (Fsp3) is 0.261. The minimum Gasteiger partial charge on any atom is -0.355 e. The summed E-state index contributed by atoms with van der Waals surface area (Å²) in [6, 6.07) is 11.0. The molecule has 0 saturated heterocycles. The third-order valence-electron chi connectivity index (χ3n) is 5.83. The molecule has 31 heavy (non-hydrogen) atoms. The number of hydrogen-bond acceptors (Lipinski definition) is 5. The van der Waals surface area contributed by atoms with Gasteiger partial charge in [0.2, 0.25) is 6.35 Å². The van der Waals surface area contributed by atoms with Crippen LogP contribution < -0.4 is 16.1 Å². The number of halogens is 1. The van der Waals surface area contributed by atoms with Gasteiger partial charge in [-0.05, 0) is 50.2 Å². The molecule has 0 amide bonds. The molecule has 0 bridgehead atoms. The summed E-state index contributed by atoms with van der Waals surface area (Å²) in [4.78, 5) is 1.72. The van der Waals surface area contributed by atoms with Crippen LogP contribution in [0.1, 0.15) is 17.5 Å². The van der Waals surface area contributed by atoms with Crippen molar-refractivity contribution in [1.82, 2.24) is 14.6 Å². The number of anilines is 1. The van der Waals surface area contributed by atoms with E-state index in [1.54, 1.807) is 11.0 Å². The average Bonchev–Trinajstić information content (AvgIpc) is 3.39. The molecule has 2 aromatic heterocycles. The minimum atomic E-state index is -1.06. The first-order valence-electron chi connectivity index (χ1n) is 10.3. The smallest absolute Gasteiger partial charge is 0.226 e. The third-order valence-corrected chi connectivity index (χ3v) is 5.83. The highest BCUT2D eigenvalue weighted by Crippen LogP contribution is 2.35. The fourth-order valence-corrected chi connectivity index (χ4v) is 4.36. The number of aliphatic hydroxyl groups excluding tert-OH is 1. The van der Waals surface area contributed by atoms with Crippen LogP contribution in [-0.2, 0) is 13.6 Å². The second-order valence-electron chi connectivity index (χ2n) is 7.99. The summed E-state index contributed by atoms with van der Waals surface area (Å²) in [7, 11) is 1.99. The molecule has 0 aliphatic carbocycles. The Morgan fingerprint density at radius 1 is 1.13 bits per heavy atom. The summed E-state index contributed by atoms with van der Waals surface area (Å²) in [6.45, 7) is 3.31. The highest BCUT2D eigenvalue weighted by molar-refractivity contribution is 6.20. The standard InChI is InChI=1S/C23H25FN6O/c1-14-4-6-19-16(10-14)18(12-28(19)2)22-26-27-23(31)30(22)21-13-29(9-3-8-25)20-7-5-15(24)11-17(20)21/h4-7,10-13,23,27,31H,3,8-9,25H2,1-2H3. The van der Waals surface area contributed by atoms with Crippen molar-refractivity contribution in [1.29, 1.82) is 0 Å². The van der Waals surface area contributed by atoms with E-state index in [0.717, 1.165) is 34.0 Å². The lowest BCUT2D eigenvalue weighted by Gasteiger charge is -2.22. The monoisotopic (exact) mass is 420 g/mol. The number of nitrogens with zero attached hydrogens (tertiary/aromatic N) is 4. The van der Waals surface area contributed by atoms with Crippen molar-refractivity contribution in [2.75, 3.05) is 11.4 Å². The number of aliphatic hydroxyl groups is 1. The summed E-state index contributed by atoms with van der Waals surface area (Å²) >= 11 is 0. The van der Waals surface area contributed by atoms with Crippen LogP contribution in [0.5, 0.6) is 0 Å². The van der Waals surface area contributed by atoms with E-state index in [-0.39, 0.29) is 5.82 Å². The van der Waals surface area contributed by atoms with Crippen molar-refractivity contribution in [2.45, 2.75) is 26.2 Å². The SMILES string of the molecule is Cc1ccc2c(c1)c(C1=NNC(O)N1c1cn(CCCN)c3ccc(F)cc13)cn2C. The molecule has 0 saturated carbocycles. The van der Waals surface area contributed by atoms with E-state index in [1.165, 1.54) is 12.1 Å². The summed E-state index contributed by atoms with van der Waals surface area (Å²) < 4.78 is 18.3. The van der Waals surface area contributed by atoms with Crippen molar-refractivity contribution in [3.8, 4) is 0 Å². The summed E-state index contributed by atoms with van der Waals surface area (Å²) in [5.41, 5.74) is 13.2. The van der Waals surface area contributed by atoms with Crippen molar-refractivity contribution in [2.24, 2.45) is 17.9 Å². The zero-order chi connectivity index (χ0) is 21.7. The van der Waals surface area contributed by atoms with E-state index in [1.807, 2.05) is 35.5 Å². The number of amidine groups is 1. The summed E-state index contributed by atoms with van der Waals surface area (Å²) in [5, 5.41) is 17.0. The Morgan fingerprint density at radius 2 is 1.94 bits per heavy atom. The Bertz CT molecular complexity index is 1320. The minimum absolute atomic E-state index is 0.328. The molecule has 2 aromatic carbocycles. The van der Waals surface area contributed by atoms with Crippen molar-refractivity contribution in [3.05, 3.63) is 65.7 Å². The molecular formula is C23H25FN6O. The molecule has 7 nitrogen and oxygen atoms in total. The van der Waals surface area contributed by atoms with Gasteiger partial charge >= 0.3 is 0 Å². The molecule has 1 aliphatic rings. The highest BCUT2D eigenvalue weighted by atomic mass is 19.1. The van der Waals surface area contributed by atoms with Gasteiger partial charge in [-0.2, -0.15) is 5.10 Å². The van der Waals surface area contributed by atoms with Gasteiger partial charge in [-0.15, -0.1) is 0 Å². The van der Waals surface area contributed by atoms with Crippen molar-refractivity contribution >= 4 is 33.3 Å². The van der Waals surface area contributed by atoms with Gasteiger partial charge in [0.15, 0.2) is 5.84 Å². The quantitative estimate of drug-likeness (QED) is 0.464. The van der Waals surface area contributed by atoms with Crippen LogP contribution >= 0.6 is 0 Å². The predicted molar refractivity (Wildman–Crippen MR) is 121 cm³/mol. The highest BCUT2D eigenvalue weighted by Gasteiger charge is 2.32. The molecule has 4 N–H and O–H groups in total. The molecule has 0 spiro atoms. The summed E-state index contributed by atoms with van der Waals surface area (Å²) in [5.74, 6) is 0.261. The van der Waals surface area contributed by atoms with E-state index in [0.29, 0.717) is 30.0 Å². The lowest BCUT2D eigenvalue weighted by Crippen LogP contribution is -2.40.